The number of esters is 1. The van der Waals surface area contributed by atoms with Crippen molar-refractivity contribution in [1.29, 1.82) is 0 Å². The van der Waals surface area contributed by atoms with Gasteiger partial charge in [-0.15, -0.1) is 0 Å². The molecular formula is C25H16Cl2O4. The Kier molecular flexibility index (Phi) is 5.94. The van der Waals surface area contributed by atoms with Crippen molar-refractivity contribution >= 4 is 46.2 Å². The summed E-state index contributed by atoms with van der Waals surface area (Å²) in [6.07, 6.45) is 2.87. The van der Waals surface area contributed by atoms with E-state index in [1.165, 1.54) is 12.1 Å². The molecule has 0 saturated heterocycles. The zero-order valence-corrected chi connectivity index (χ0v) is 17.9. The number of benzene rings is 3. The van der Waals surface area contributed by atoms with Gasteiger partial charge < -0.3 is 9.15 Å². The molecule has 0 radical (unpaired) electrons. The number of rotatable bonds is 4. The summed E-state index contributed by atoms with van der Waals surface area (Å²) < 4.78 is 10.9. The molecule has 3 aromatic carbocycles. The van der Waals surface area contributed by atoms with Crippen molar-refractivity contribution in [3.63, 3.8) is 0 Å². The Bertz CT molecular complexity index is 1370. The molecule has 0 aliphatic rings. The average Bonchev–Trinajstić information content (AvgIpc) is 2.77. The van der Waals surface area contributed by atoms with Gasteiger partial charge in [0.15, 0.2) is 0 Å². The van der Waals surface area contributed by atoms with Crippen LogP contribution in [0.2, 0.25) is 10.0 Å². The van der Waals surface area contributed by atoms with Crippen molar-refractivity contribution in [2.75, 3.05) is 0 Å². The molecule has 0 unspecified atom stereocenters. The van der Waals surface area contributed by atoms with Crippen molar-refractivity contribution in [2.45, 2.75) is 6.92 Å². The minimum absolute atomic E-state index is 0.310. The smallest absolute Gasteiger partial charge is 0.336 e. The van der Waals surface area contributed by atoms with E-state index in [0.717, 1.165) is 16.5 Å². The van der Waals surface area contributed by atoms with Crippen LogP contribution < -0.4 is 10.4 Å². The van der Waals surface area contributed by atoms with Gasteiger partial charge in [-0.1, -0.05) is 59.6 Å². The standard InChI is InChI=1S/C25H16Cl2O4/c1-15-22(30-23(28)12-8-16-7-10-20(26)21(27)13-16)11-9-18-19(14-24(29)31-25(15)18)17-5-3-2-4-6-17/h2-14H,1H3. The lowest BCUT2D eigenvalue weighted by atomic mass is 10.0. The monoisotopic (exact) mass is 450 g/mol. The molecular weight excluding hydrogens is 435 g/mol. The lowest BCUT2D eigenvalue weighted by molar-refractivity contribution is -0.128. The third-order valence-electron chi connectivity index (χ3n) is 4.76. The minimum Gasteiger partial charge on any atom is -0.423 e. The fraction of sp³-hybridized carbons (Fsp3) is 0.0400. The number of carbonyl (C=O) groups excluding carboxylic acids is 1. The first-order chi connectivity index (χ1) is 14.9. The van der Waals surface area contributed by atoms with Crippen LogP contribution in [0.15, 0.2) is 82.0 Å². The summed E-state index contributed by atoms with van der Waals surface area (Å²) in [5.41, 5.74) is 2.83. The van der Waals surface area contributed by atoms with Crippen LogP contribution in [0.5, 0.6) is 5.75 Å². The molecule has 1 heterocycles. The van der Waals surface area contributed by atoms with Gasteiger partial charge in [-0.3, -0.25) is 0 Å². The molecule has 0 N–H and O–H groups in total. The van der Waals surface area contributed by atoms with E-state index in [4.69, 9.17) is 32.4 Å². The number of halogens is 2. The van der Waals surface area contributed by atoms with Gasteiger partial charge in [-0.2, -0.15) is 0 Å². The third kappa shape index (κ3) is 4.55. The molecule has 154 valence electrons. The molecule has 0 bridgehead atoms. The molecule has 0 saturated carbocycles. The topological polar surface area (TPSA) is 56.5 Å². The van der Waals surface area contributed by atoms with Crippen molar-refractivity contribution in [3.8, 4) is 16.9 Å². The highest BCUT2D eigenvalue weighted by atomic mass is 35.5. The molecule has 0 aliphatic carbocycles. The van der Waals surface area contributed by atoms with Crippen LogP contribution in [0.25, 0.3) is 28.2 Å². The Balaban J connectivity index is 1.65. The van der Waals surface area contributed by atoms with Gasteiger partial charge >= 0.3 is 11.6 Å². The number of hydrogen-bond acceptors (Lipinski definition) is 4. The van der Waals surface area contributed by atoms with Gasteiger partial charge in [0.25, 0.3) is 0 Å². The Labute approximate surface area is 188 Å². The number of aryl methyl sites for hydroxylation is 1. The van der Waals surface area contributed by atoms with Crippen molar-refractivity contribution < 1.29 is 13.9 Å². The summed E-state index contributed by atoms with van der Waals surface area (Å²) in [5, 5.41) is 1.59. The molecule has 0 fully saturated rings. The van der Waals surface area contributed by atoms with Crippen molar-refractivity contribution in [3.05, 3.63) is 104 Å². The van der Waals surface area contributed by atoms with Gasteiger partial charge in [-0.05, 0) is 54.0 Å². The molecule has 0 amide bonds. The Morgan fingerprint density at radius 3 is 2.48 bits per heavy atom. The molecule has 0 aliphatic heterocycles. The predicted molar refractivity (Wildman–Crippen MR) is 124 cm³/mol. The highest BCUT2D eigenvalue weighted by molar-refractivity contribution is 6.42. The fourth-order valence-electron chi connectivity index (χ4n) is 3.23. The van der Waals surface area contributed by atoms with E-state index in [9.17, 15) is 9.59 Å². The molecule has 4 rings (SSSR count). The predicted octanol–water partition coefficient (Wildman–Crippen LogP) is 6.69. The molecule has 4 aromatic rings. The number of carbonyl (C=O) groups is 1. The van der Waals surface area contributed by atoms with E-state index in [0.29, 0.717) is 32.5 Å². The molecule has 1 aromatic heterocycles. The first kappa shape index (κ1) is 20.9. The summed E-state index contributed by atoms with van der Waals surface area (Å²) in [4.78, 5) is 24.5. The second-order valence-corrected chi connectivity index (χ2v) is 7.65. The van der Waals surface area contributed by atoms with E-state index in [1.54, 1.807) is 43.3 Å². The van der Waals surface area contributed by atoms with Gasteiger partial charge in [-0.25, -0.2) is 9.59 Å². The Morgan fingerprint density at radius 1 is 0.968 bits per heavy atom. The van der Waals surface area contributed by atoms with E-state index in [1.807, 2.05) is 30.3 Å². The normalized spacial score (nSPS) is 11.2. The third-order valence-corrected chi connectivity index (χ3v) is 5.50. The molecule has 6 heteroatoms. The molecule has 0 spiro atoms. The maximum atomic E-state index is 12.3. The first-order valence-corrected chi connectivity index (χ1v) is 10.2. The van der Waals surface area contributed by atoms with E-state index in [2.05, 4.69) is 0 Å². The fourth-order valence-corrected chi connectivity index (χ4v) is 3.54. The second-order valence-electron chi connectivity index (χ2n) is 6.84. The summed E-state index contributed by atoms with van der Waals surface area (Å²) >= 11 is 11.9. The Hall–Kier alpha value is -3.34. The highest BCUT2D eigenvalue weighted by Crippen LogP contribution is 2.33. The maximum Gasteiger partial charge on any atom is 0.336 e. The van der Waals surface area contributed by atoms with Crippen LogP contribution in [-0.4, -0.2) is 5.97 Å². The molecule has 0 atom stereocenters. The van der Waals surface area contributed by atoms with Crippen LogP contribution in [0, 0.1) is 6.92 Å². The minimum atomic E-state index is -0.574. The summed E-state index contributed by atoms with van der Waals surface area (Å²) in [5.74, 6) is -0.264. The van der Waals surface area contributed by atoms with Crippen molar-refractivity contribution in [1.82, 2.24) is 0 Å². The van der Waals surface area contributed by atoms with Crippen LogP contribution in [-0.2, 0) is 4.79 Å². The quantitative estimate of drug-likeness (QED) is 0.150. The summed E-state index contributed by atoms with van der Waals surface area (Å²) in [6, 6.07) is 19.5. The maximum absolute atomic E-state index is 12.3. The Morgan fingerprint density at radius 2 is 1.74 bits per heavy atom. The first-order valence-electron chi connectivity index (χ1n) is 9.40. The molecule has 4 nitrogen and oxygen atoms in total. The average molecular weight is 451 g/mol. The van der Waals surface area contributed by atoms with Gasteiger partial charge in [0, 0.05) is 23.1 Å². The lowest BCUT2D eigenvalue weighted by Crippen LogP contribution is -2.06. The number of fused-ring (bicyclic) bond motifs is 1. The van der Waals surface area contributed by atoms with Crippen molar-refractivity contribution in [2.24, 2.45) is 0 Å². The summed E-state index contributed by atoms with van der Waals surface area (Å²) in [6.45, 7) is 1.74. The van der Waals surface area contributed by atoms with E-state index < -0.39 is 11.6 Å². The highest BCUT2D eigenvalue weighted by Gasteiger charge is 2.14. The summed E-state index contributed by atoms with van der Waals surface area (Å²) in [7, 11) is 0. The van der Waals surface area contributed by atoms with Crippen LogP contribution >= 0.6 is 23.2 Å². The zero-order chi connectivity index (χ0) is 22.0. The largest absolute Gasteiger partial charge is 0.423 e. The van der Waals surface area contributed by atoms with Gasteiger partial charge in [0.05, 0.1) is 10.0 Å². The van der Waals surface area contributed by atoms with Gasteiger partial charge in [0.1, 0.15) is 11.3 Å². The lowest BCUT2D eigenvalue weighted by Gasteiger charge is -2.11. The van der Waals surface area contributed by atoms with Crippen LogP contribution in [0.4, 0.5) is 0 Å². The molecule has 31 heavy (non-hydrogen) atoms. The van der Waals surface area contributed by atoms with Gasteiger partial charge in [0.2, 0.25) is 0 Å². The van der Waals surface area contributed by atoms with E-state index >= 15 is 0 Å². The number of ether oxygens (including phenoxy) is 1. The number of hydrogen-bond donors (Lipinski definition) is 0. The van der Waals surface area contributed by atoms with Crippen LogP contribution in [0.1, 0.15) is 11.1 Å². The second kappa shape index (κ2) is 8.80. The SMILES string of the molecule is Cc1c(OC(=O)C=Cc2ccc(Cl)c(Cl)c2)ccc2c(-c3ccccc3)cc(=O)oc12. The van der Waals surface area contributed by atoms with E-state index in [-0.39, 0.29) is 0 Å². The zero-order valence-electron chi connectivity index (χ0n) is 16.4. The van der Waals surface area contributed by atoms with Crippen LogP contribution in [0.3, 0.4) is 0 Å².